The Bertz CT molecular complexity index is 795. The summed E-state index contributed by atoms with van der Waals surface area (Å²) < 4.78 is 12.0. The minimum atomic E-state index is 0.285. The Hall–Kier alpha value is -1.42. The van der Waals surface area contributed by atoms with E-state index in [2.05, 4.69) is 35.8 Å². The van der Waals surface area contributed by atoms with Crippen molar-refractivity contribution in [1.82, 2.24) is 4.90 Å². The lowest BCUT2D eigenvalue weighted by molar-refractivity contribution is -0.0352. The van der Waals surface area contributed by atoms with Crippen LogP contribution in [0.25, 0.3) is 0 Å². The SMILES string of the molecule is CC[C@@]12CCCN3CC[C@]4(c5ccc(OC)c6c5N([C@H](C)CO6)[C@@H]4CC1)[C@H]32. The zero-order valence-electron chi connectivity index (χ0n) is 17.0. The predicted octanol–water partition coefficient (Wildman–Crippen LogP) is 3.96. The highest BCUT2D eigenvalue weighted by Gasteiger charge is 2.68. The molecule has 1 spiro atoms. The molecule has 1 aromatic carbocycles. The molecule has 146 valence electrons. The second-order valence-electron chi connectivity index (χ2n) is 9.66. The molecule has 6 rings (SSSR count). The second kappa shape index (κ2) is 5.34. The molecule has 2 saturated heterocycles. The zero-order chi connectivity index (χ0) is 18.4. The van der Waals surface area contributed by atoms with Crippen LogP contribution >= 0.6 is 0 Å². The van der Waals surface area contributed by atoms with Crippen LogP contribution in [0.1, 0.15) is 57.9 Å². The maximum absolute atomic E-state index is 6.27. The van der Waals surface area contributed by atoms with Crippen LogP contribution in [0.15, 0.2) is 12.1 Å². The molecule has 0 radical (unpaired) electrons. The van der Waals surface area contributed by atoms with E-state index >= 15 is 0 Å². The van der Waals surface area contributed by atoms with Crippen LogP contribution in [-0.2, 0) is 5.41 Å². The molecule has 0 unspecified atom stereocenters. The van der Waals surface area contributed by atoms with Gasteiger partial charge in [-0.2, -0.15) is 0 Å². The number of fused-ring (bicyclic) bond motifs is 1. The molecule has 4 heterocycles. The molecule has 3 fully saturated rings. The number of nitrogens with zero attached hydrogens (tertiary/aromatic N) is 2. The summed E-state index contributed by atoms with van der Waals surface area (Å²) >= 11 is 0. The average Bonchev–Trinajstić information content (AvgIpc) is 3.24. The van der Waals surface area contributed by atoms with Gasteiger partial charge in [0.15, 0.2) is 11.5 Å². The largest absolute Gasteiger partial charge is 0.493 e. The number of benzene rings is 1. The second-order valence-corrected chi connectivity index (χ2v) is 9.66. The molecule has 27 heavy (non-hydrogen) atoms. The molecule has 4 nitrogen and oxygen atoms in total. The van der Waals surface area contributed by atoms with Crippen molar-refractivity contribution < 1.29 is 9.47 Å². The van der Waals surface area contributed by atoms with E-state index in [9.17, 15) is 0 Å². The van der Waals surface area contributed by atoms with Crippen molar-refractivity contribution in [3.63, 3.8) is 0 Å². The topological polar surface area (TPSA) is 24.9 Å². The minimum absolute atomic E-state index is 0.285. The van der Waals surface area contributed by atoms with Crippen LogP contribution < -0.4 is 14.4 Å². The predicted molar refractivity (Wildman–Crippen MR) is 107 cm³/mol. The Morgan fingerprint density at radius 1 is 1.22 bits per heavy atom. The molecule has 0 amide bonds. The number of rotatable bonds is 2. The Balaban J connectivity index is 1.61. The molecule has 0 bridgehead atoms. The standard InChI is InChI=1S/C23H32N2O2/c1-4-22-9-5-12-24-13-11-23(21(22)24)16-6-7-17(26-3)20-19(16)25(15(2)14-27-20)18(23)8-10-22/h6-7,15,18,21H,4-5,8-14H2,1-3H3/t15-,18-,21-,22-,23-/m1/s1. The van der Waals surface area contributed by atoms with Crippen molar-refractivity contribution >= 4 is 5.69 Å². The van der Waals surface area contributed by atoms with E-state index in [0.717, 1.165) is 18.1 Å². The lowest BCUT2D eigenvalue weighted by Crippen LogP contribution is -2.65. The van der Waals surface area contributed by atoms with Gasteiger partial charge in [0.2, 0.25) is 0 Å². The quantitative estimate of drug-likeness (QED) is 0.789. The number of ether oxygens (including phenoxy) is 2. The summed E-state index contributed by atoms with van der Waals surface area (Å²) in [6.07, 6.45) is 8.16. The maximum Gasteiger partial charge on any atom is 0.184 e. The fourth-order valence-corrected chi connectivity index (χ4v) is 8.01. The van der Waals surface area contributed by atoms with Gasteiger partial charge in [0.1, 0.15) is 6.61 Å². The highest BCUT2D eigenvalue weighted by molar-refractivity contribution is 5.78. The number of methoxy groups -OCH3 is 1. The molecule has 4 heteroatoms. The first-order valence-corrected chi connectivity index (χ1v) is 11.0. The molecule has 4 aliphatic heterocycles. The van der Waals surface area contributed by atoms with E-state index in [1.165, 1.54) is 57.3 Å². The third kappa shape index (κ3) is 1.75. The van der Waals surface area contributed by atoms with Crippen molar-refractivity contribution in [2.45, 2.75) is 75.9 Å². The van der Waals surface area contributed by atoms with Crippen LogP contribution in [0.4, 0.5) is 5.69 Å². The maximum atomic E-state index is 6.27. The lowest BCUT2D eigenvalue weighted by Gasteiger charge is -2.59. The van der Waals surface area contributed by atoms with Crippen molar-refractivity contribution in [3.8, 4) is 11.5 Å². The summed E-state index contributed by atoms with van der Waals surface area (Å²) in [5.41, 5.74) is 3.74. The van der Waals surface area contributed by atoms with Gasteiger partial charge in [-0.1, -0.05) is 13.0 Å². The molecule has 1 saturated carbocycles. The smallest absolute Gasteiger partial charge is 0.184 e. The van der Waals surface area contributed by atoms with Crippen LogP contribution in [0, 0.1) is 5.41 Å². The van der Waals surface area contributed by atoms with Gasteiger partial charge >= 0.3 is 0 Å². The Kier molecular flexibility index (Phi) is 3.27. The van der Waals surface area contributed by atoms with Gasteiger partial charge in [0, 0.05) is 17.5 Å². The van der Waals surface area contributed by atoms with Crippen molar-refractivity contribution in [3.05, 3.63) is 17.7 Å². The van der Waals surface area contributed by atoms with Gasteiger partial charge < -0.3 is 14.4 Å². The molecule has 5 aliphatic rings. The molecule has 0 N–H and O–H groups in total. The zero-order valence-corrected chi connectivity index (χ0v) is 17.0. The summed E-state index contributed by atoms with van der Waals surface area (Å²) in [6, 6.07) is 6.35. The van der Waals surface area contributed by atoms with Crippen molar-refractivity contribution in [1.29, 1.82) is 0 Å². The van der Waals surface area contributed by atoms with Crippen LogP contribution in [0.2, 0.25) is 0 Å². The van der Waals surface area contributed by atoms with Crippen molar-refractivity contribution in [2.75, 3.05) is 31.7 Å². The molecular formula is C23H32N2O2. The van der Waals surface area contributed by atoms with Gasteiger partial charge in [-0.25, -0.2) is 0 Å². The fourth-order valence-electron chi connectivity index (χ4n) is 8.01. The fraction of sp³-hybridized carbons (Fsp3) is 0.739. The first kappa shape index (κ1) is 16.5. The van der Waals surface area contributed by atoms with Crippen LogP contribution in [0.5, 0.6) is 11.5 Å². The summed E-state index contributed by atoms with van der Waals surface area (Å²) in [5.74, 6) is 1.91. The summed E-state index contributed by atoms with van der Waals surface area (Å²) in [5, 5.41) is 0. The minimum Gasteiger partial charge on any atom is -0.493 e. The van der Waals surface area contributed by atoms with Gasteiger partial charge in [0.05, 0.1) is 18.8 Å². The number of anilines is 1. The number of piperidine rings is 1. The van der Waals surface area contributed by atoms with Gasteiger partial charge in [-0.3, -0.25) is 4.90 Å². The average molecular weight is 369 g/mol. The first-order chi connectivity index (χ1) is 13.2. The lowest BCUT2D eigenvalue weighted by atomic mass is 9.52. The highest BCUT2D eigenvalue weighted by Crippen LogP contribution is 2.68. The molecular weight excluding hydrogens is 336 g/mol. The highest BCUT2D eigenvalue weighted by atomic mass is 16.5. The summed E-state index contributed by atoms with van der Waals surface area (Å²) in [6.45, 7) is 8.14. The number of hydrogen-bond acceptors (Lipinski definition) is 4. The Morgan fingerprint density at radius 3 is 2.93 bits per heavy atom. The Labute approximate surface area is 162 Å². The summed E-state index contributed by atoms with van der Waals surface area (Å²) in [4.78, 5) is 5.63. The molecule has 1 aliphatic carbocycles. The van der Waals surface area contributed by atoms with E-state index in [0.29, 0.717) is 23.5 Å². The van der Waals surface area contributed by atoms with E-state index < -0.39 is 0 Å². The molecule has 0 aromatic heterocycles. The third-order valence-electron chi connectivity index (χ3n) is 8.93. The van der Waals surface area contributed by atoms with E-state index in [1.54, 1.807) is 12.7 Å². The first-order valence-electron chi connectivity index (χ1n) is 11.0. The van der Waals surface area contributed by atoms with Crippen LogP contribution in [-0.4, -0.2) is 49.8 Å². The van der Waals surface area contributed by atoms with Gasteiger partial charge in [0.25, 0.3) is 0 Å². The van der Waals surface area contributed by atoms with Gasteiger partial charge in [-0.05, 0) is 75.6 Å². The molecule has 5 atom stereocenters. The normalized spacial score (nSPS) is 41.6. The monoisotopic (exact) mass is 368 g/mol. The van der Waals surface area contributed by atoms with E-state index in [4.69, 9.17) is 9.47 Å². The Morgan fingerprint density at radius 2 is 2.11 bits per heavy atom. The number of hydrogen-bond donors (Lipinski definition) is 0. The third-order valence-corrected chi connectivity index (χ3v) is 8.93. The van der Waals surface area contributed by atoms with E-state index in [1.807, 2.05) is 0 Å². The van der Waals surface area contributed by atoms with Gasteiger partial charge in [-0.15, -0.1) is 0 Å². The summed E-state index contributed by atoms with van der Waals surface area (Å²) in [7, 11) is 1.77. The van der Waals surface area contributed by atoms with E-state index in [-0.39, 0.29) is 5.41 Å². The van der Waals surface area contributed by atoms with Crippen molar-refractivity contribution in [2.24, 2.45) is 5.41 Å². The molecule has 1 aromatic rings. The van der Waals surface area contributed by atoms with Crippen LogP contribution in [0.3, 0.4) is 0 Å².